The molecule has 2 aromatic carbocycles. The Hall–Kier alpha value is -1.95. The molecule has 25 heavy (non-hydrogen) atoms. The van der Waals surface area contributed by atoms with Crippen LogP contribution in [-0.4, -0.2) is 29.7 Å². The number of benzene rings is 2. The molecule has 1 saturated heterocycles. The van der Waals surface area contributed by atoms with Crippen LogP contribution in [0, 0.1) is 5.92 Å². The molecule has 0 saturated carbocycles. The largest absolute Gasteiger partial charge is 0.435 e. The van der Waals surface area contributed by atoms with E-state index in [1.54, 1.807) is 11.3 Å². The molecule has 130 valence electrons. The minimum Gasteiger partial charge on any atom is -0.397 e. The van der Waals surface area contributed by atoms with E-state index >= 15 is 0 Å². The highest BCUT2D eigenvalue weighted by Gasteiger charge is 2.18. The lowest BCUT2D eigenvalue weighted by Gasteiger charge is -2.31. The summed E-state index contributed by atoms with van der Waals surface area (Å²) < 4.78 is 7.15. The van der Waals surface area contributed by atoms with Gasteiger partial charge in [0.25, 0.3) is 0 Å². The van der Waals surface area contributed by atoms with Crippen LogP contribution in [0.1, 0.15) is 18.4 Å². The van der Waals surface area contributed by atoms with E-state index < -0.39 is 0 Å². The summed E-state index contributed by atoms with van der Waals surface area (Å²) in [5.41, 5.74) is 2.40. The second-order valence-corrected chi connectivity index (χ2v) is 7.67. The zero-order valence-electron chi connectivity index (χ0n) is 14.1. The first-order valence-electron chi connectivity index (χ1n) is 8.81. The lowest BCUT2D eigenvalue weighted by molar-refractivity contribution is -0.352. The molecule has 0 radical (unpaired) electrons. The van der Waals surface area contributed by atoms with Crippen LogP contribution in [0.3, 0.4) is 0 Å². The normalized spacial score (nSPS) is 16.4. The zero-order valence-corrected chi connectivity index (χ0v) is 15.0. The predicted molar refractivity (Wildman–Crippen MR) is 100.0 cm³/mol. The maximum absolute atomic E-state index is 9.23. The molecule has 4 rings (SSSR count). The molecule has 0 atom stereocenters. The number of aliphatic hydroxyl groups is 1. The van der Waals surface area contributed by atoms with Crippen molar-refractivity contribution in [2.24, 2.45) is 5.92 Å². The number of thiazole rings is 1. The summed E-state index contributed by atoms with van der Waals surface area (Å²) in [5, 5.41) is 10.0. The maximum Gasteiger partial charge on any atom is 0.435 e. The number of para-hydroxylation sites is 1. The molecule has 0 amide bonds. The fourth-order valence-corrected chi connectivity index (χ4v) is 4.17. The smallest absolute Gasteiger partial charge is 0.397 e. The first-order chi connectivity index (χ1) is 12.3. The van der Waals surface area contributed by atoms with Gasteiger partial charge in [0, 0.05) is 19.2 Å². The van der Waals surface area contributed by atoms with E-state index in [2.05, 4.69) is 34.1 Å². The van der Waals surface area contributed by atoms with Crippen molar-refractivity contribution in [3.05, 3.63) is 54.1 Å². The second kappa shape index (κ2) is 7.52. The van der Waals surface area contributed by atoms with Gasteiger partial charge in [-0.15, -0.1) is 0 Å². The van der Waals surface area contributed by atoms with Gasteiger partial charge >= 0.3 is 5.19 Å². The standard InChI is InChI=1S/C20H22N2O2S/c23-14-16-9-11-22(12-10-16)13-15-5-7-17(8-6-15)24-20-21-18-3-1-2-4-19(18)25-20/h1-8,16,23H,9-14H2/p+1. The second-order valence-electron chi connectivity index (χ2n) is 6.66. The average molecular weight is 355 g/mol. The molecule has 0 unspecified atom stereocenters. The Morgan fingerprint density at radius 1 is 1.08 bits per heavy atom. The molecule has 2 heterocycles. The van der Waals surface area contributed by atoms with Gasteiger partial charge in [-0.1, -0.05) is 24.3 Å². The fourth-order valence-electron chi connectivity index (χ4n) is 3.30. The Labute approximate surface area is 151 Å². The van der Waals surface area contributed by atoms with Crippen molar-refractivity contribution in [2.45, 2.75) is 19.4 Å². The number of aliphatic hydroxyl groups excluding tert-OH is 1. The average Bonchev–Trinajstić information content (AvgIpc) is 3.06. The Morgan fingerprint density at radius 2 is 1.84 bits per heavy atom. The number of fused-ring (bicyclic) bond motifs is 1. The van der Waals surface area contributed by atoms with Gasteiger partial charge in [0.15, 0.2) is 0 Å². The molecule has 0 aliphatic carbocycles. The summed E-state index contributed by atoms with van der Waals surface area (Å²) in [7, 11) is 0. The topological polar surface area (TPSA) is 46.8 Å². The molecule has 3 aromatic rings. The third-order valence-electron chi connectivity index (χ3n) is 4.83. The number of aromatic nitrogens is 1. The maximum atomic E-state index is 9.23. The van der Waals surface area contributed by atoms with E-state index in [9.17, 15) is 5.11 Å². The third kappa shape index (κ3) is 4.00. The van der Waals surface area contributed by atoms with Gasteiger partial charge in [-0.2, -0.15) is 4.98 Å². The van der Waals surface area contributed by atoms with Gasteiger partial charge in [-0.25, -0.2) is 0 Å². The number of nitrogens with one attached hydrogen (secondary N) is 1. The number of ether oxygens (including phenoxy) is 1. The number of nitrogens with zero attached hydrogens (tertiary/aromatic N) is 1. The number of hydrogen-bond donors (Lipinski definition) is 1. The highest BCUT2D eigenvalue weighted by atomic mass is 32.1. The van der Waals surface area contributed by atoms with E-state index in [-0.39, 0.29) is 0 Å². The van der Waals surface area contributed by atoms with Crippen LogP contribution in [-0.2, 0) is 6.54 Å². The van der Waals surface area contributed by atoms with E-state index in [0.717, 1.165) is 48.9 Å². The first kappa shape index (κ1) is 16.5. The van der Waals surface area contributed by atoms with Crippen molar-refractivity contribution in [1.29, 1.82) is 0 Å². The molecule has 2 N–H and O–H groups in total. The van der Waals surface area contributed by atoms with Gasteiger partial charge in [0.1, 0.15) is 10.4 Å². The van der Waals surface area contributed by atoms with E-state index in [4.69, 9.17) is 4.74 Å². The molecule has 1 fully saturated rings. The lowest BCUT2D eigenvalue weighted by Crippen LogP contribution is -2.34. The van der Waals surface area contributed by atoms with Crippen LogP contribution >= 0.6 is 11.3 Å². The summed E-state index contributed by atoms with van der Waals surface area (Å²) >= 11 is 1.62. The van der Waals surface area contributed by atoms with Crippen LogP contribution in [0.2, 0.25) is 0 Å². The van der Waals surface area contributed by atoms with Crippen LogP contribution in [0.4, 0.5) is 0 Å². The summed E-state index contributed by atoms with van der Waals surface area (Å²) in [4.78, 5) is 5.76. The van der Waals surface area contributed by atoms with Crippen molar-refractivity contribution < 1.29 is 14.8 Å². The summed E-state index contributed by atoms with van der Waals surface area (Å²) in [6.45, 7) is 3.43. The Kier molecular flexibility index (Phi) is 4.97. The van der Waals surface area contributed by atoms with Crippen LogP contribution in [0.15, 0.2) is 48.5 Å². The van der Waals surface area contributed by atoms with Gasteiger partial charge in [-0.05, 0) is 66.9 Å². The van der Waals surface area contributed by atoms with Crippen LogP contribution < -0.4 is 9.72 Å². The fraction of sp³-hybridized carbons (Fsp3) is 0.350. The minimum atomic E-state index is 0.328. The molecule has 1 aliphatic heterocycles. The monoisotopic (exact) mass is 355 g/mol. The van der Waals surface area contributed by atoms with Crippen LogP contribution in [0.5, 0.6) is 10.9 Å². The van der Waals surface area contributed by atoms with Gasteiger partial charge in [0.2, 0.25) is 5.52 Å². The van der Waals surface area contributed by atoms with Gasteiger partial charge < -0.3 is 9.84 Å². The number of likely N-dealkylation sites (tertiary alicyclic amines) is 1. The van der Waals surface area contributed by atoms with E-state index in [1.807, 2.05) is 24.3 Å². The molecular formula is C20H23N2O2S+. The molecular weight excluding hydrogens is 332 g/mol. The zero-order chi connectivity index (χ0) is 17.1. The number of H-pyrrole nitrogens is 1. The van der Waals surface area contributed by atoms with Gasteiger partial charge in [-0.3, -0.25) is 4.90 Å². The summed E-state index contributed by atoms with van der Waals surface area (Å²) in [6.07, 6.45) is 2.19. The van der Waals surface area contributed by atoms with Gasteiger partial charge in [0.05, 0.1) is 0 Å². The van der Waals surface area contributed by atoms with E-state index in [1.165, 1.54) is 10.3 Å². The quantitative estimate of drug-likeness (QED) is 0.759. The molecule has 0 bridgehead atoms. The predicted octanol–water partition coefficient (Wildman–Crippen LogP) is 3.71. The Morgan fingerprint density at radius 3 is 2.56 bits per heavy atom. The number of aromatic amines is 1. The molecule has 4 nitrogen and oxygen atoms in total. The Bertz CT molecular complexity index is 790. The van der Waals surface area contributed by atoms with Crippen molar-refractivity contribution >= 4 is 21.6 Å². The Balaban J connectivity index is 1.37. The van der Waals surface area contributed by atoms with E-state index in [0.29, 0.717) is 12.5 Å². The highest BCUT2D eigenvalue weighted by Crippen LogP contribution is 2.28. The minimum absolute atomic E-state index is 0.328. The molecule has 0 spiro atoms. The molecule has 1 aliphatic rings. The SMILES string of the molecule is OCC1CCN(Cc2ccc(Oc3[nH+]c4ccccc4s3)cc2)CC1. The van der Waals surface area contributed by atoms with Crippen molar-refractivity contribution in [1.82, 2.24) is 4.90 Å². The molecule has 5 heteroatoms. The van der Waals surface area contributed by atoms with Crippen molar-refractivity contribution in [3.8, 4) is 10.9 Å². The summed E-state index contributed by atoms with van der Waals surface area (Å²) in [6, 6.07) is 16.6. The van der Waals surface area contributed by atoms with Crippen molar-refractivity contribution in [2.75, 3.05) is 19.7 Å². The van der Waals surface area contributed by atoms with Crippen LogP contribution in [0.25, 0.3) is 10.2 Å². The first-order valence-corrected chi connectivity index (χ1v) is 9.62. The number of piperidine rings is 1. The molecule has 1 aromatic heterocycles. The highest BCUT2D eigenvalue weighted by molar-refractivity contribution is 7.19. The third-order valence-corrected chi connectivity index (χ3v) is 5.78. The lowest BCUT2D eigenvalue weighted by atomic mass is 9.97. The number of hydrogen-bond acceptors (Lipinski definition) is 4. The summed E-state index contributed by atoms with van der Waals surface area (Å²) in [5.74, 6) is 1.34. The number of rotatable bonds is 5. The van der Waals surface area contributed by atoms with Crippen molar-refractivity contribution in [3.63, 3.8) is 0 Å².